The largest absolute Gasteiger partial charge is 0.399 e. The lowest BCUT2D eigenvalue weighted by molar-refractivity contribution is 0.164. The second-order valence-electron chi connectivity index (χ2n) is 4.02. The number of rotatable bonds is 5. The molecule has 2 N–H and O–H groups in total. The van der Waals surface area contributed by atoms with Crippen molar-refractivity contribution in [2.45, 2.75) is 6.92 Å². The fraction of sp³-hybridized carbons (Fsp3) is 0.500. The number of benzene rings is 1. The van der Waals surface area contributed by atoms with Crippen LogP contribution in [0.25, 0.3) is 0 Å². The van der Waals surface area contributed by atoms with E-state index in [2.05, 4.69) is 26.1 Å². The molecule has 0 amide bonds. The second-order valence-corrected chi connectivity index (χ2v) is 4.02. The van der Waals surface area contributed by atoms with Crippen molar-refractivity contribution in [1.29, 1.82) is 0 Å². The molecule has 0 aliphatic rings. The first-order valence-corrected chi connectivity index (χ1v) is 5.32. The number of likely N-dealkylation sites (N-methyl/N-ethyl adjacent to an activating group) is 1. The number of methoxy groups -OCH3 is 1. The average Bonchev–Trinajstić information content (AvgIpc) is 2.27. The van der Waals surface area contributed by atoms with Crippen molar-refractivity contribution in [3.63, 3.8) is 0 Å². The van der Waals surface area contributed by atoms with Crippen LogP contribution in [0.3, 0.4) is 0 Å². The molecule has 0 radical (unpaired) electrons. The highest BCUT2D eigenvalue weighted by atomic mass is 16.5. The molecule has 1 aromatic rings. The van der Waals surface area contributed by atoms with Gasteiger partial charge in [-0.1, -0.05) is 0 Å². The quantitative estimate of drug-likeness (QED) is 0.593. The Labute approximate surface area is 92.0 Å². The highest BCUT2D eigenvalue weighted by Gasteiger charge is 2.21. The van der Waals surface area contributed by atoms with Crippen molar-refractivity contribution in [3.05, 3.63) is 24.3 Å². The molecule has 1 aromatic carbocycles. The van der Waals surface area contributed by atoms with Crippen molar-refractivity contribution in [2.75, 3.05) is 39.6 Å². The number of hydrogen-bond donors (Lipinski definition) is 1. The number of nitrogens with zero attached hydrogens (tertiary/aromatic N) is 1. The molecule has 15 heavy (non-hydrogen) atoms. The molecule has 0 saturated heterocycles. The SMILES string of the molecule is CC[N+](C)(CCOC)c1ccc(N)cc1. The summed E-state index contributed by atoms with van der Waals surface area (Å²) in [6, 6.07) is 8.09. The van der Waals surface area contributed by atoms with E-state index in [1.165, 1.54) is 5.69 Å². The maximum Gasteiger partial charge on any atom is 0.132 e. The smallest absolute Gasteiger partial charge is 0.132 e. The average molecular weight is 209 g/mol. The molecule has 0 fully saturated rings. The number of hydrogen-bond acceptors (Lipinski definition) is 2. The third-order valence-electron chi connectivity index (χ3n) is 3.00. The molecular formula is C12H21N2O+. The summed E-state index contributed by atoms with van der Waals surface area (Å²) in [7, 11) is 3.95. The van der Waals surface area contributed by atoms with Gasteiger partial charge in [0.05, 0.1) is 20.2 Å². The van der Waals surface area contributed by atoms with Crippen molar-refractivity contribution >= 4 is 11.4 Å². The second kappa shape index (κ2) is 5.14. The Morgan fingerprint density at radius 2 is 1.87 bits per heavy atom. The van der Waals surface area contributed by atoms with Gasteiger partial charge in [-0.05, 0) is 19.1 Å². The summed E-state index contributed by atoms with van der Waals surface area (Å²) in [5.74, 6) is 0. The van der Waals surface area contributed by atoms with E-state index >= 15 is 0 Å². The summed E-state index contributed by atoms with van der Waals surface area (Å²) in [5, 5.41) is 0. The molecule has 1 unspecified atom stereocenters. The van der Waals surface area contributed by atoms with Gasteiger partial charge in [-0.15, -0.1) is 0 Å². The van der Waals surface area contributed by atoms with Crippen molar-refractivity contribution < 1.29 is 4.74 Å². The zero-order valence-corrected chi connectivity index (χ0v) is 9.86. The number of nitrogens with two attached hydrogens (primary N) is 1. The molecular weight excluding hydrogens is 188 g/mol. The van der Waals surface area contributed by atoms with Crippen molar-refractivity contribution in [3.8, 4) is 0 Å². The van der Waals surface area contributed by atoms with Gasteiger partial charge < -0.3 is 10.5 Å². The first kappa shape index (κ1) is 12.0. The van der Waals surface area contributed by atoms with Crippen molar-refractivity contribution in [1.82, 2.24) is 4.48 Å². The van der Waals surface area contributed by atoms with Crippen LogP contribution < -0.4 is 10.2 Å². The van der Waals surface area contributed by atoms with Gasteiger partial charge in [0.2, 0.25) is 0 Å². The van der Waals surface area contributed by atoms with Gasteiger partial charge in [0, 0.05) is 24.9 Å². The lowest BCUT2D eigenvalue weighted by Crippen LogP contribution is -2.47. The Morgan fingerprint density at radius 1 is 1.27 bits per heavy atom. The summed E-state index contributed by atoms with van der Waals surface area (Å²) < 4.78 is 6.03. The Hall–Kier alpha value is -1.06. The molecule has 1 atom stereocenters. The number of nitrogen functional groups attached to an aromatic ring is 1. The van der Waals surface area contributed by atoms with E-state index in [0.717, 1.165) is 29.9 Å². The van der Waals surface area contributed by atoms with Crippen LogP contribution in [0.15, 0.2) is 24.3 Å². The van der Waals surface area contributed by atoms with Crippen LogP contribution in [0.1, 0.15) is 6.92 Å². The number of anilines is 1. The molecule has 3 nitrogen and oxygen atoms in total. The number of ether oxygens (including phenoxy) is 1. The van der Waals surface area contributed by atoms with E-state index < -0.39 is 0 Å². The molecule has 0 aliphatic heterocycles. The zero-order valence-electron chi connectivity index (χ0n) is 9.86. The third kappa shape index (κ3) is 2.94. The molecule has 1 rings (SSSR count). The van der Waals surface area contributed by atoms with E-state index in [9.17, 15) is 0 Å². The van der Waals surface area contributed by atoms with Crippen LogP contribution in [0.4, 0.5) is 11.4 Å². The van der Waals surface area contributed by atoms with E-state index in [1.807, 2.05) is 12.1 Å². The lowest BCUT2D eigenvalue weighted by atomic mass is 10.2. The van der Waals surface area contributed by atoms with Gasteiger partial charge in [0.15, 0.2) is 0 Å². The van der Waals surface area contributed by atoms with Gasteiger partial charge in [-0.25, -0.2) is 0 Å². The summed E-state index contributed by atoms with van der Waals surface area (Å²) in [6.45, 7) is 4.99. The maximum atomic E-state index is 5.68. The Morgan fingerprint density at radius 3 is 2.33 bits per heavy atom. The minimum absolute atomic E-state index is 0.773. The van der Waals surface area contributed by atoms with Crippen LogP contribution in [0, 0.1) is 0 Å². The summed E-state index contributed by atoms with van der Waals surface area (Å²) in [6.07, 6.45) is 0. The predicted molar refractivity (Wildman–Crippen MR) is 65.9 cm³/mol. The molecule has 0 aliphatic carbocycles. The topological polar surface area (TPSA) is 35.2 Å². The molecule has 0 bridgehead atoms. The van der Waals surface area contributed by atoms with Gasteiger partial charge >= 0.3 is 0 Å². The first-order chi connectivity index (χ1) is 7.12. The minimum Gasteiger partial charge on any atom is -0.399 e. The van der Waals surface area contributed by atoms with E-state index in [1.54, 1.807) is 7.11 Å². The maximum absolute atomic E-state index is 5.68. The Balaban J connectivity index is 2.85. The van der Waals surface area contributed by atoms with Gasteiger partial charge in [-0.2, -0.15) is 0 Å². The fourth-order valence-electron chi connectivity index (χ4n) is 1.60. The lowest BCUT2D eigenvalue weighted by Gasteiger charge is -2.32. The van der Waals surface area contributed by atoms with Crippen LogP contribution in [-0.4, -0.2) is 33.9 Å². The molecule has 0 heterocycles. The highest BCUT2D eigenvalue weighted by molar-refractivity contribution is 5.50. The summed E-state index contributed by atoms with van der Waals surface area (Å²) in [5.41, 5.74) is 7.77. The Kier molecular flexibility index (Phi) is 4.12. The van der Waals surface area contributed by atoms with Gasteiger partial charge in [0.25, 0.3) is 0 Å². The van der Waals surface area contributed by atoms with Crippen LogP contribution >= 0.6 is 0 Å². The Bertz CT molecular complexity index is 297. The molecule has 84 valence electrons. The molecule has 3 heteroatoms. The van der Waals surface area contributed by atoms with Gasteiger partial charge in [0.1, 0.15) is 12.2 Å². The monoisotopic (exact) mass is 209 g/mol. The minimum atomic E-state index is 0.773. The van der Waals surface area contributed by atoms with Gasteiger partial charge in [-0.3, -0.25) is 4.48 Å². The zero-order chi connectivity index (χ0) is 11.3. The highest BCUT2D eigenvalue weighted by Crippen LogP contribution is 2.21. The van der Waals surface area contributed by atoms with Crippen LogP contribution in [-0.2, 0) is 4.74 Å². The number of quaternary nitrogens is 1. The van der Waals surface area contributed by atoms with Crippen LogP contribution in [0.5, 0.6) is 0 Å². The first-order valence-electron chi connectivity index (χ1n) is 5.32. The summed E-state index contributed by atoms with van der Waals surface area (Å²) >= 11 is 0. The standard InChI is InChI=1S/C12H21N2O/c1-4-14(2,9-10-15-3)12-7-5-11(13)6-8-12/h5-8H,4,9-10,13H2,1-3H3/q+1. The summed E-state index contributed by atoms with van der Waals surface area (Å²) in [4.78, 5) is 0. The third-order valence-corrected chi connectivity index (χ3v) is 3.00. The normalized spacial score (nSPS) is 14.9. The molecule has 0 aromatic heterocycles. The molecule has 0 spiro atoms. The van der Waals surface area contributed by atoms with Crippen molar-refractivity contribution in [2.24, 2.45) is 0 Å². The fourth-order valence-corrected chi connectivity index (χ4v) is 1.60. The van der Waals surface area contributed by atoms with E-state index in [0.29, 0.717) is 0 Å². The van der Waals surface area contributed by atoms with E-state index in [-0.39, 0.29) is 0 Å². The van der Waals surface area contributed by atoms with E-state index in [4.69, 9.17) is 10.5 Å². The van der Waals surface area contributed by atoms with Crippen LogP contribution in [0.2, 0.25) is 0 Å². The molecule has 0 saturated carbocycles. The predicted octanol–water partition coefficient (Wildman–Crippen LogP) is 1.87.